The Labute approximate surface area is 199 Å². The molecule has 0 amide bonds. The van der Waals surface area contributed by atoms with Crippen molar-refractivity contribution in [1.82, 2.24) is 10.6 Å². The van der Waals surface area contributed by atoms with Crippen molar-refractivity contribution < 1.29 is 26.3 Å². The second-order valence-corrected chi connectivity index (χ2v) is 29.1. The summed E-state index contributed by atoms with van der Waals surface area (Å²) in [5, 5.41) is 6.89. The Bertz CT molecular complexity index is 476. The van der Waals surface area contributed by atoms with E-state index in [4.69, 9.17) is 0 Å². The fourth-order valence-electron chi connectivity index (χ4n) is 3.04. The molecule has 0 aliphatic rings. The van der Waals surface area contributed by atoms with Crippen LogP contribution in [0.3, 0.4) is 0 Å². The molecule has 190 valence electrons. The second kappa shape index (κ2) is 17.1. The van der Waals surface area contributed by atoms with Crippen LogP contribution >= 0.6 is 54.5 Å². The molecule has 16 heteroatoms. The third-order valence-electron chi connectivity index (χ3n) is 4.58. The first kappa shape index (κ1) is 35.7. The van der Waals surface area contributed by atoms with Crippen molar-refractivity contribution in [3.05, 3.63) is 0 Å². The van der Waals surface area contributed by atoms with Crippen molar-refractivity contribution in [3.63, 3.8) is 0 Å². The number of halogens is 6. The van der Waals surface area contributed by atoms with Gasteiger partial charge in [-0.25, -0.2) is 0 Å². The van der Waals surface area contributed by atoms with E-state index < -0.39 is 40.7 Å². The van der Waals surface area contributed by atoms with Gasteiger partial charge in [-0.1, -0.05) is 12.1 Å². The van der Waals surface area contributed by atoms with Crippen molar-refractivity contribution in [2.45, 2.75) is 66.6 Å². The molecule has 0 spiro atoms. The highest BCUT2D eigenvalue weighted by atomic mass is 31.3. The normalized spacial score (nSPS) is 16.6. The standard InChI is InChI=1S/C8H21F3NP3Si.C7H19F3NP3Si/c1-12-6-16(15,5-7(13)14)4-2-3-8(9,10)11;1-11-5-15(14,6(12)13)4-2-3-7(8,9)10/h7,12H,2-6,13-15H2,1H3;6,11H,2-5,12-14H2,1H3. The molecule has 2 nitrogen and oxygen atoms in total. The SMILES string of the molecule is CNC[Si](P)(CCCC(F)(F)F)C(P)P.CNC[Si](P)(CCCC(F)(F)F)CC(P)P. The van der Waals surface area contributed by atoms with Gasteiger partial charge in [0.1, 0.15) is 0 Å². The van der Waals surface area contributed by atoms with E-state index in [-0.39, 0.29) is 12.8 Å². The molecule has 2 N–H and O–H groups in total. The molecule has 0 saturated heterocycles. The van der Waals surface area contributed by atoms with Gasteiger partial charge >= 0.3 is 12.4 Å². The van der Waals surface area contributed by atoms with E-state index in [1.807, 2.05) is 14.1 Å². The number of hydrogen-bond acceptors (Lipinski definition) is 2. The first-order valence-corrected chi connectivity index (χ1v) is 21.3. The summed E-state index contributed by atoms with van der Waals surface area (Å²) in [6.07, 6.45) is -7.18. The van der Waals surface area contributed by atoms with Gasteiger partial charge in [-0.2, -0.15) is 26.3 Å². The summed E-state index contributed by atoms with van der Waals surface area (Å²) in [4.78, 5) is 0. The molecule has 8 unspecified atom stereocenters. The smallest absolute Gasteiger partial charge is 0.322 e. The summed E-state index contributed by atoms with van der Waals surface area (Å²) in [6, 6.07) is 2.37. The van der Waals surface area contributed by atoms with E-state index in [1.165, 1.54) is 0 Å². The van der Waals surface area contributed by atoms with Crippen LogP contribution in [0.25, 0.3) is 0 Å². The van der Waals surface area contributed by atoms with Crippen LogP contribution in [0.4, 0.5) is 26.3 Å². The fraction of sp³-hybridized carbons (Fsp3) is 1.00. The molecule has 0 aromatic carbocycles. The van der Waals surface area contributed by atoms with Gasteiger partial charge in [0.05, 0.1) is 15.5 Å². The average molecular weight is 605 g/mol. The Hall–Kier alpha value is 2.51. The highest BCUT2D eigenvalue weighted by molar-refractivity contribution is 7.75. The number of rotatable bonds is 13. The molecule has 0 fully saturated rings. The molecular weight excluding hydrogens is 564 g/mol. The van der Waals surface area contributed by atoms with Crippen LogP contribution in [0.1, 0.15) is 25.7 Å². The summed E-state index contributed by atoms with van der Waals surface area (Å²) in [5.41, 5.74) is 0. The number of alkyl halides is 6. The predicted molar refractivity (Wildman–Crippen MR) is 150 cm³/mol. The average Bonchev–Trinajstić information content (AvgIpc) is 2.52. The zero-order chi connectivity index (χ0) is 24.9. The zero-order valence-electron chi connectivity index (χ0n) is 18.3. The molecule has 0 aliphatic carbocycles. The van der Waals surface area contributed by atoms with Crippen LogP contribution in [-0.2, 0) is 0 Å². The maximum Gasteiger partial charge on any atom is 0.389 e. The molecule has 0 saturated carbocycles. The minimum atomic E-state index is -4.02. The van der Waals surface area contributed by atoms with E-state index >= 15 is 0 Å². The van der Waals surface area contributed by atoms with Crippen LogP contribution in [0, 0.1) is 0 Å². The molecule has 0 bridgehead atoms. The lowest BCUT2D eigenvalue weighted by Gasteiger charge is -2.30. The quantitative estimate of drug-likeness (QED) is 0.165. The van der Waals surface area contributed by atoms with Gasteiger partial charge in [0, 0.05) is 12.8 Å². The molecule has 8 atom stereocenters. The number of hydrogen-bond donors (Lipinski definition) is 2. The first-order valence-electron chi connectivity index (χ1n) is 9.92. The molecule has 0 aromatic rings. The zero-order valence-corrected chi connectivity index (χ0v) is 27.2. The van der Waals surface area contributed by atoms with E-state index in [0.717, 1.165) is 18.4 Å². The summed E-state index contributed by atoms with van der Waals surface area (Å²) < 4.78 is 72.2. The van der Waals surface area contributed by atoms with Crippen molar-refractivity contribution >= 4 is 70.0 Å². The van der Waals surface area contributed by atoms with Crippen molar-refractivity contribution in [3.8, 4) is 0 Å². The maximum absolute atomic E-state index is 12.1. The van der Waals surface area contributed by atoms with Gasteiger partial charge in [-0.3, -0.25) is 0 Å². The number of nitrogens with one attached hydrogen (secondary N) is 2. The third kappa shape index (κ3) is 21.5. The van der Waals surface area contributed by atoms with Gasteiger partial charge in [0.25, 0.3) is 0 Å². The van der Waals surface area contributed by atoms with Gasteiger partial charge in [0.15, 0.2) is 0 Å². The van der Waals surface area contributed by atoms with Crippen molar-refractivity contribution in [2.75, 3.05) is 26.4 Å². The molecule has 0 rings (SSSR count). The Morgan fingerprint density at radius 3 is 1.48 bits per heavy atom. The van der Waals surface area contributed by atoms with E-state index in [1.54, 1.807) is 0 Å². The maximum atomic E-state index is 12.1. The van der Waals surface area contributed by atoms with Crippen LogP contribution in [0.15, 0.2) is 0 Å². The second-order valence-electron chi connectivity index (χ2n) is 7.99. The van der Waals surface area contributed by atoms with Crippen LogP contribution in [0.2, 0.25) is 18.1 Å². The minimum absolute atomic E-state index is 0.236. The topological polar surface area (TPSA) is 24.1 Å². The Kier molecular flexibility index (Phi) is 19.6. The van der Waals surface area contributed by atoms with Crippen LogP contribution in [0.5, 0.6) is 0 Å². The molecule has 0 heterocycles. The van der Waals surface area contributed by atoms with Crippen molar-refractivity contribution in [1.29, 1.82) is 0 Å². The lowest BCUT2D eigenvalue weighted by atomic mass is 10.3. The van der Waals surface area contributed by atoms with Crippen LogP contribution in [-0.4, -0.2) is 64.7 Å². The van der Waals surface area contributed by atoms with Gasteiger partial charge in [0.2, 0.25) is 0 Å². The monoisotopic (exact) mass is 604 g/mol. The lowest BCUT2D eigenvalue weighted by molar-refractivity contribution is -0.135. The molecular formula is C15H40F6N2P6Si2. The third-order valence-corrected chi connectivity index (χ3v) is 24.4. The first-order chi connectivity index (χ1) is 13.9. The highest BCUT2D eigenvalue weighted by Gasteiger charge is 2.34. The summed E-state index contributed by atoms with van der Waals surface area (Å²) in [7, 11) is 16.8. The van der Waals surface area contributed by atoms with E-state index in [2.05, 4.69) is 65.2 Å². The van der Waals surface area contributed by atoms with Gasteiger partial charge in [-0.05, 0) is 55.7 Å². The Morgan fingerprint density at radius 2 is 1.16 bits per heavy atom. The predicted octanol–water partition coefficient (Wildman–Crippen LogP) is 5.51. The highest BCUT2D eigenvalue weighted by Crippen LogP contribution is 2.35. The van der Waals surface area contributed by atoms with Gasteiger partial charge < -0.3 is 10.6 Å². The van der Waals surface area contributed by atoms with Crippen LogP contribution < -0.4 is 10.6 Å². The molecule has 31 heavy (non-hydrogen) atoms. The molecule has 0 aliphatic heterocycles. The van der Waals surface area contributed by atoms with E-state index in [0.29, 0.717) is 22.5 Å². The lowest BCUT2D eigenvalue weighted by Crippen LogP contribution is -2.44. The fourth-order valence-corrected chi connectivity index (χ4v) is 17.8. The summed E-state index contributed by atoms with van der Waals surface area (Å²) in [6.45, 7) is 0. The largest absolute Gasteiger partial charge is 0.389 e. The minimum Gasteiger partial charge on any atom is -0.322 e. The Morgan fingerprint density at radius 1 is 0.742 bits per heavy atom. The Balaban J connectivity index is 0. The van der Waals surface area contributed by atoms with Gasteiger partial charge in [-0.15, -0.1) is 54.5 Å². The van der Waals surface area contributed by atoms with Crippen molar-refractivity contribution in [2.24, 2.45) is 0 Å². The molecule has 0 aromatic heterocycles. The molecule has 0 radical (unpaired) electrons. The summed E-state index contributed by atoms with van der Waals surface area (Å²) >= 11 is 0. The summed E-state index contributed by atoms with van der Waals surface area (Å²) in [5.74, 6) is 0. The van der Waals surface area contributed by atoms with E-state index in [9.17, 15) is 26.3 Å².